The van der Waals surface area contributed by atoms with Crippen LogP contribution in [-0.4, -0.2) is 59.5 Å². The molecule has 30 heavy (non-hydrogen) atoms. The lowest BCUT2D eigenvalue weighted by atomic mass is 10.1. The number of morpholine rings is 1. The second kappa shape index (κ2) is 10.3. The molecule has 2 aromatic rings. The van der Waals surface area contributed by atoms with Crippen molar-refractivity contribution in [3.63, 3.8) is 0 Å². The average Bonchev–Trinajstić information content (AvgIpc) is 2.79. The van der Waals surface area contributed by atoms with Gasteiger partial charge in [0, 0.05) is 36.1 Å². The monoisotopic (exact) mass is 414 g/mol. The number of nitrogens with zero attached hydrogens (tertiary/aromatic N) is 1. The van der Waals surface area contributed by atoms with E-state index in [1.807, 2.05) is 56.4 Å². The largest absolute Gasteiger partial charge is 0.497 e. The number of anilines is 2. The molecule has 1 amide bonds. The number of nitrogens with one attached hydrogen (secondary N) is 2. The second-order valence-electron chi connectivity index (χ2n) is 7.56. The van der Waals surface area contributed by atoms with E-state index in [2.05, 4.69) is 10.2 Å². The SMILES string of the molecule is COc1ccc(C[NH+](C)[C@H](C)C(=O)Nc2ccc(N3CCOCC3)cc2)c(OC)c1. The molecular weight excluding hydrogens is 382 g/mol. The quantitative estimate of drug-likeness (QED) is 0.687. The van der Waals surface area contributed by atoms with Crippen molar-refractivity contribution >= 4 is 17.3 Å². The van der Waals surface area contributed by atoms with Crippen LogP contribution >= 0.6 is 0 Å². The lowest BCUT2D eigenvalue weighted by Gasteiger charge is -2.29. The Bertz CT molecular complexity index is 835. The van der Waals surface area contributed by atoms with E-state index >= 15 is 0 Å². The summed E-state index contributed by atoms with van der Waals surface area (Å²) in [5, 5.41) is 3.03. The van der Waals surface area contributed by atoms with Crippen LogP contribution in [0.15, 0.2) is 42.5 Å². The fourth-order valence-corrected chi connectivity index (χ4v) is 3.50. The minimum atomic E-state index is -0.226. The lowest BCUT2D eigenvalue weighted by molar-refractivity contribution is -0.907. The molecule has 162 valence electrons. The molecule has 3 rings (SSSR count). The highest BCUT2D eigenvalue weighted by Gasteiger charge is 2.23. The molecule has 2 atom stereocenters. The lowest BCUT2D eigenvalue weighted by Crippen LogP contribution is -3.12. The van der Waals surface area contributed by atoms with Gasteiger partial charge in [-0.3, -0.25) is 4.79 Å². The van der Waals surface area contributed by atoms with Gasteiger partial charge in [-0.25, -0.2) is 0 Å². The summed E-state index contributed by atoms with van der Waals surface area (Å²) in [5.74, 6) is 1.50. The number of carbonyl (C=O) groups excluding carboxylic acids is 1. The number of amides is 1. The summed E-state index contributed by atoms with van der Waals surface area (Å²) in [5.41, 5.74) is 2.99. The fourth-order valence-electron chi connectivity index (χ4n) is 3.50. The van der Waals surface area contributed by atoms with Crippen molar-refractivity contribution in [1.29, 1.82) is 0 Å². The number of quaternary nitrogens is 1. The predicted octanol–water partition coefficient (Wildman–Crippen LogP) is 1.58. The van der Waals surface area contributed by atoms with Crippen molar-refractivity contribution in [3.8, 4) is 11.5 Å². The van der Waals surface area contributed by atoms with Crippen molar-refractivity contribution in [2.45, 2.75) is 19.5 Å². The maximum atomic E-state index is 12.8. The molecule has 0 radical (unpaired) electrons. The Balaban J connectivity index is 1.58. The molecule has 0 bridgehead atoms. The van der Waals surface area contributed by atoms with Crippen LogP contribution in [0.3, 0.4) is 0 Å². The van der Waals surface area contributed by atoms with Crippen molar-refractivity contribution in [1.82, 2.24) is 0 Å². The molecule has 1 aliphatic heterocycles. The van der Waals surface area contributed by atoms with Gasteiger partial charge >= 0.3 is 0 Å². The van der Waals surface area contributed by atoms with Gasteiger partial charge in [0.05, 0.1) is 34.5 Å². The zero-order valence-electron chi connectivity index (χ0n) is 18.2. The highest BCUT2D eigenvalue weighted by molar-refractivity contribution is 5.93. The van der Waals surface area contributed by atoms with E-state index in [1.165, 1.54) is 0 Å². The summed E-state index contributed by atoms with van der Waals surface area (Å²) >= 11 is 0. The molecule has 7 heteroatoms. The number of likely N-dealkylation sites (N-methyl/N-ethyl adjacent to an activating group) is 1. The summed E-state index contributed by atoms with van der Waals surface area (Å²) in [7, 11) is 5.28. The topological polar surface area (TPSA) is 64.5 Å². The molecule has 0 aromatic heterocycles. The third-order valence-electron chi connectivity index (χ3n) is 5.61. The summed E-state index contributed by atoms with van der Waals surface area (Å²) < 4.78 is 16.1. The van der Waals surface area contributed by atoms with E-state index in [-0.39, 0.29) is 11.9 Å². The number of carbonyl (C=O) groups is 1. The van der Waals surface area contributed by atoms with Gasteiger partial charge in [-0.05, 0) is 43.3 Å². The molecule has 1 heterocycles. The van der Waals surface area contributed by atoms with Crippen LogP contribution in [0.25, 0.3) is 0 Å². The van der Waals surface area contributed by atoms with Crippen molar-refractivity contribution in [3.05, 3.63) is 48.0 Å². The number of hydrogen-bond donors (Lipinski definition) is 2. The minimum Gasteiger partial charge on any atom is -0.497 e. The number of ether oxygens (including phenoxy) is 3. The van der Waals surface area contributed by atoms with Crippen LogP contribution in [0.1, 0.15) is 12.5 Å². The van der Waals surface area contributed by atoms with Crippen LogP contribution in [0.4, 0.5) is 11.4 Å². The Hall–Kier alpha value is -2.77. The number of methoxy groups -OCH3 is 2. The van der Waals surface area contributed by atoms with Gasteiger partial charge in [-0.2, -0.15) is 0 Å². The first-order valence-corrected chi connectivity index (χ1v) is 10.3. The van der Waals surface area contributed by atoms with Crippen molar-refractivity contribution < 1.29 is 23.9 Å². The Labute approximate surface area is 178 Å². The smallest absolute Gasteiger partial charge is 0.282 e. The molecule has 2 aromatic carbocycles. The summed E-state index contributed by atoms with van der Waals surface area (Å²) in [6, 6.07) is 13.5. The Kier molecular flexibility index (Phi) is 7.54. The van der Waals surface area contributed by atoms with Gasteiger partial charge in [0.1, 0.15) is 18.0 Å². The van der Waals surface area contributed by atoms with E-state index in [0.717, 1.165) is 59.6 Å². The van der Waals surface area contributed by atoms with Crippen LogP contribution in [0.5, 0.6) is 11.5 Å². The highest BCUT2D eigenvalue weighted by Crippen LogP contribution is 2.24. The van der Waals surface area contributed by atoms with Gasteiger partial charge < -0.3 is 29.3 Å². The van der Waals surface area contributed by atoms with Gasteiger partial charge in [0.15, 0.2) is 6.04 Å². The molecule has 0 spiro atoms. The van der Waals surface area contributed by atoms with Crippen molar-refractivity contribution in [2.24, 2.45) is 0 Å². The third kappa shape index (κ3) is 5.43. The van der Waals surface area contributed by atoms with Crippen LogP contribution in [0, 0.1) is 0 Å². The van der Waals surface area contributed by atoms with Crippen LogP contribution in [0.2, 0.25) is 0 Å². The van der Waals surface area contributed by atoms with Crippen LogP contribution in [-0.2, 0) is 16.1 Å². The van der Waals surface area contributed by atoms with E-state index in [4.69, 9.17) is 14.2 Å². The molecule has 1 fully saturated rings. The molecule has 1 unspecified atom stereocenters. The first kappa shape index (κ1) is 21.9. The number of hydrogen-bond acceptors (Lipinski definition) is 5. The normalized spacial score (nSPS) is 15.9. The van der Waals surface area contributed by atoms with E-state index in [1.54, 1.807) is 14.2 Å². The molecule has 2 N–H and O–H groups in total. The first-order valence-electron chi connectivity index (χ1n) is 10.3. The van der Waals surface area contributed by atoms with E-state index < -0.39 is 0 Å². The van der Waals surface area contributed by atoms with Gasteiger partial charge in [-0.15, -0.1) is 0 Å². The molecule has 1 aliphatic rings. The Morgan fingerprint density at radius 3 is 2.47 bits per heavy atom. The standard InChI is InChI=1S/C23H31N3O4/c1-17(25(2)16-18-5-10-21(28-3)15-22(18)29-4)23(27)24-19-6-8-20(9-7-19)26-11-13-30-14-12-26/h5-10,15,17H,11-14,16H2,1-4H3,(H,24,27)/p+1/t17-/m1/s1. The Morgan fingerprint density at radius 1 is 1.13 bits per heavy atom. The van der Waals surface area contributed by atoms with Gasteiger partial charge in [0.25, 0.3) is 5.91 Å². The molecule has 1 saturated heterocycles. The average molecular weight is 415 g/mol. The first-order chi connectivity index (χ1) is 14.5. The number of rotatable bonds is 8. The second-order valence-corrected chi connectivity index (χ2v) is 7.56. The van der Waals surface area contributed by atoms with Gasteiger partial charge in [-0.1, -0.05) is 0 Å². The van der Waals surface area contributed by atoms with E-state index in [0.29, 0.717) is 6.54 Å². The van der Waals surface area contributed by atoms with Gasteiger partial charge in [0.2, 0.25) is 0 Å². The zero-order chi connectivity index (χ0) is 21.5. The molecule has 7 nitrogen and oxygen atoms in total. The minimum absolute atomic E-state index is 0.0147. The fraction of sp³-hybridized carbons (Fsp3) is 0.435. The van der Waals surface area contributed by atoms with Crippen LogP contribution < -0.4 is 24.6 Å². The van der Waals surface area contributed by atoms with Crippen molar-refractivity contribution in [2.75, 3.05) is 57.8 Å². The molecule has 0 saturated carbocycles. The zero-order valence-corrected chi connectivity index (χ0v) is 18.2. The third-order valence-corrected chi connectivity index (χ3v) is 5.61. The van der Waals surface area contributed by atoms with E-state index in [9.17, 15) is 4.79 Å². The molecular formula is C23H32N3O4+. The molecule has 0 aliphatic carbocycles. The maximum absolute atomic E-state index is 12.8. The maximum Gasteiger partial charge on any atom is 0.282 e. The highest BCUT2D eigenvalue weighted by atomic mass is 16.5. The number of benzene rings is 2. The predicted molar refractivity (Wildman–Crippen MR) is 118 cm³/mol. The summed E-state index contributed by atoms with van der Waals surface area (Å²) in [6.07, 6.45) is 0. The summed E-state index contributed by atoms with van der Waals surface area (Å²) in [6.45, 7) is 5.89. The summed E-state index contributed by atoms with van der Waals surface area (Å²) in [4.78, 5) is 16.1. The Morgan fingerprint density at radius 2 is 1.83 bits per heavy atom.